The molecule has 2 aromatic rings. The zero-order chi connectivity index (χ0) is 16.3. The van der Waals surface area contributed by atoms with Crippen LogP contribution in [0.1, 0.15) is 57.4 Å². The summed E-state index contributed by atoms with van der Waals surface area (Å²) in [7, 11) is 0. The highest BCUT2D eigenvalue weighted by molar-refractivity contribution is 7.98. The summed E-state index contributed by atoms with van der Waals surface area (Å²) in [6.07, 6.45) is 16.6. The molecule has 3 heteroatoms. The third-order valence-corrected chi connectivity index (χ3v) is 4.87. The van der Waals surface area contributed by atoms with Gasteiger partial charge in [0, 0.05) is 22.9 Å². The van der Waals surface area contributed by atoms with Gasteiger partial charge in [-0.15, -0.1) is 11.8 Å². The minimum absolute atomic E-state index is 0.820. The summed E-state index contributed by atoms with van der Waals surface area (Å²) in [6, 6.07) is 8.43. The van der Waals surface area contributed by atoms with E-state index in [4.69, 9.17) is 0 Å². The molecule has 0 saturated carbocycles. The van der Waals surface area contributed by atoms with Gasteiger partial charge in [-0.3, -0.25) is 0 Å². The molecule has 2 rings (SSSR count). The van der Waals surface area contributed by atoms with Crippen molar-refractivity contribution in [2.24, 2.45) is 0 Å². The van der Waals surface area contributed by atoms with E-state index in [2.05, 4.69) is 47.4 Å². The van der Waals surface area contributed by atoms with Crippen molar-refractivity contribution in [3.63, 3.8) is 0 Å². The predicted octanol–water partition coefficient (Wildman–Crippen LogP) is 6.16. The van der Waals surface area contributed by atoms with E-state index in [-0.39, 0.29) is 0 Å². The van der Waals surface area contributed by atoms with E-state index in [1.807, 2.05) is 12.4 Å². The molecule has 0 bridgehead atoms. The first-order valence-electron chi connectivity index (χ1n) is 8.79. The van der Waals surface area contributed by atoms with Crippen LogP contribution in [0, 0.1) is 0 Å². The smallest absolute Gasteiger partial charge is 0.159 e. The average Bonchev–Trinajstić information content (AvgIpc) is 2.61. The summed E-state index contributed by atoms with van der Waals surface area (Å²) in [4.78, 5) is 10.3. The van der Waals surface area contributed by atoms with Crippen LogP contribution >= 0.6 is 11.8 Å². The number of hydrogen-bond donors (Lipinski definition) is 0. The molecule has 0 amide bonds. The Balaban J connectivity index is 1.75. The summed E-state index contributed by atoms with van der Waals surface area (Å²) >= 11 is 1.75. The fraction of sp³-hybridized carbons (Fsp3) is 0.500. The van der Waals surface area contributed by atoms with Crippen LogP contribution in [0.4, 0.5) is 0 Å². The van der Waals surface area contributed by atoms with E-state index >= 15 is 0 Å². The number of aromatic nitrogens is 2. The number of hydrogen-bond acceptors (Lipinski definition) is 3. The largest absolute Gasteiger partial charge is 0.236 e. The lowest BCUT2D eigenvalue weighted by atomic mass is 10.1. The molecule has 124 valence electrons. The maximum atomic E-state index is 4.53. The van der Waals surface area contributed by atoms with Crippen LogP contribution in [-0.4, -0.2) is 16.2 Å². The molecule has 0 aliphatic heterocycles. The molecule has 23 heavy (non-hydrogen) atoms. The molecule has 0 aliphatic rings. The van der Waals surface area contributed by atoms with Crippen LogP contribution in [0.3, 0.4) is 0 Å². The summed E-state index contributed by atoms with van der Waals surface area (Å²) in [6.45, 7) is 2.26. The van der Waals surface area contributed by atoms with Gasteiger partial charge in [0.1, 0.15) is 0 Å². The third kappa shape index (κ3) is 6.34. The van der Waals surface area contributed by atoms with Gasteiger partial charge < -0.3 is 0 Å². The highest BCUT2D eigenvalue weighted by Gasteiger charge is 2.02. The molecule has 1 aromatic carbocycles. The van der Waals surface area contributed by atoms with Crippen LogP contribution in [0.2, 0.25) is 0 Å². The molecule has 0 atom stereocenters. The SMILES string of the molecule is CCCCCCCCCc1cnc(-c2ccc(SC)cc2)nc1. The van der Waals surface area contributed by atoms with Gasteiger partial charge in [-0.1, -0.05) is 57.6 Å². The first-order chi connectivity index (χ1) is 11.3. The summed E-state index contributed by atoms with van der Waals surface area (Å²) in [5.74, 6) is 0.820. The Labute approximate surface area is 145 Å². The topological polar surface area (TPSA) is 25.8 Å². The molecule has 0 N–H and O–H groups in total. The van der Waals surface area contributed by atoms with Crippen LogP contribution in [0.25, 0.3) is 11.4 Å². The zero-order valence-corrected chi connectivity index (χ0v) is 15.2. The standard InChI is InChI=1S/C20H28N2S/c1-3-4-5-6-7-8-9-10-17-15-21-20(22-16-17)18-11-13-19(23-2)14-12-18/h11-16H,3-10H2,1-2H3. The summed E-state index contributed by atoms with van der Waals surface area (Å²) < 4.78 is 0. The monoisotopic (exact) mass is 328 g/mol. The number of aryl methyl sites for hydroxylation is 1. The lowest BCUT2D eigenvalue weighted by Crippen LogP contribution is -1.93. The number of rotatable bonds is 10. The van der Waals surface area contributed by atoms with Crippen molar-refractivity contribution < 1.29 is 0 Å². The molecule has 2 nitrogen and oxygen atoms in total. The number of nitrogens with zero attached hydrogens (tertiary/aromatic N) is 2. The minimum Gasteiger partial charge on any atom is -0.236 e. The van der Waals surface area contributed by atoms with Crippen molar-refractivity contribution >= 4 is 11.8 Å². The second-order valence-corrected chi connectivity index (χ2v) is 6.89. The van der Waals surface area contributed by atoms with Gasteiger partial charge in [-0.25, -0.2) is 9.97 Å². The van der Waals surface area contributed by atoms with Crippen molar-refractivity contribution in [2.75, 3.05) is 6.26 Å². The van der Waals surface area contributed by atoms with Crippen molar-refractivity contribution in [2.45, 2.75) is 63.2 Å². The quantitative estimate of drug-likeness (QED) is 0.386. The molecule has 0 fully saturated rings. The van der Waals surface area contributed by atoms with Gasteiger partial charge in [0.2, 0.25) is 0 Å². The van der Waals surface area contributed by atoms with Gasteiger partial charge >= 0.3 is 0 Å². The number of unbranched alkanes of at least 4 members (excludes halogenated alkanes) is 6. The maximum absolute atomic E-state index is 4.53. The minimum atomic E-state index is 0.820. The van der Waals surface area contributed by atoms with Crippen molar-refractivity contribution in [1.29, 1.82) is 0 Å². The Bertz CT molecular complexity index is 549. The summed E-state index contributed by atoms with van der Waals surface area (Å²) in [5.41, 5.74) is 2.34. The van der Waals surface area contributed by atoms with E-state index in [0.29, 0.717) is 0 Å². The molecule has 0 spiro atoms. The number of thioether (sulfide) groups is 1. The van der Waals surface area contributed by atoms with Gasteiger partial charge in [-0.05, 0) is 36.8 Å². The maximum Gasteiger partial charge on any atom is 0.159 e. The summed E-state index contributed by atoms with van der Waals surface area (Å²) in [5, 5.41) is 0. The molecule has 0 unspecified atom stereocenters. The van der Waals surface area contributed by atoms with Crippen LogP contribution < -0.4 is 0 Å². The highest BCUT2D eigenvalue weighted by Crippen LogP contribution is 2.20. The Morgan fingerprint density at radius 3 is 2.04 bits per heavy atom. The van der Waals surface area contributed by atoms with Crippen LogP contribution in [-0.2, 0) is 6.42 Å². The van der Waals surface area contributed by atoms with Crippen molar-refractivity contribution in [3.05, 3.63) is 42.2 Å². The van der Waals surface area contributed by atoms with Crippen LogP contribution in [0.5, 0.6) is 0 Å². The lowest BCUT2D eigenvalue weighted by Gasteiger charge is -2.04. The van der Waals surface area contributed by atoms with E-state index in [0.717, 1.165) is 17.8 Å². The zero-order valence-electron chi connectivity index (χ0n) is 14.4. The highest BCUT2D eigenvalue weighted by atomic mass is 32.2. The molecule has 0 radical (unpaired) electrons. The molecule has 1 heterocycles. The predicted molar refractivity (Wildman–Crippen MR) is 101 cm³/mol. The molecular formula is C20H28N2S. The van der Waals surface area contributed by atoms with Gasteiger partial charge in [0.15, 0.2) is 5.82 Å². The second-order valence-electron chi connectivity index (χ2n) is 6.01. The van der Waals surface area contributed by atoms with E-state index < -0.39 is 0 Å². The van der Waals surface area contributed by atoms with E-state index in [1.165, 1.54) is 55.4 Å². The van der Waals surface area contributed by atoms with E-state index in [9.17, 15) is 0 Å². The Hall–Kier alpha value is -1.35. The van der Waals surface area contributed by atoms with Gasteiger partial charge in [0.25, 0.3) is 0 Å². The normalized spacial score (nSPS) is 10.9. The second kappa shape index (κ2) is 10.4. The number of benzene rings is 1. The lowest BCUT2D eigenvalue weighted by molar-refractivity contribution is 0.589. The third-order valence-electron chi connectivity index (χ3n) is 4.12. The molecular weight excluding hydrogens is 300 g/mol. The molecule has 0 aliphatic carbocycles. The Kier molecular flexibility index (Phi) is 8.16. The Morgan fingerprint density at radius 2 is 1.43 bits per heavy atom. The molecule has 0 saturated heterocycles. The van der Waals surface area contributed by atoms with Gasteiger partial charge in [0.05, 0.1) is 0 Å². The van der Waals surface area contributed by atoms with Crippen molar-refractivity contribution in [1.82, 2.24) is 9.97 Å². The first kappa shape index (κ1) is 18.0. The van der Waals surface area contributed by atoms with Crippen LogP contribution in [0.15, 0.2) is 41.6 Å². The average molecular weight is 329 g/mol. The van der Waals surface area contributed by atoms with Crippen molar-refractivity contribution in [3.8, 4) is 11.4 Å². The fourth-order valence-corrected chi connectivity index (χ4v) is 3.07. The first-order valence-corrected chi connectivity index (χ1v) is 10.0. The van der Waals surface area contributed by atoms with E-state index in [1.54, 1.807) is 11.8 Å². The fourth-order valence-electron chi connectivity index (χ4n) is 2.66. The molecule has 1 aromatic heterocycles. The Morgan fingerprint density at radius 1 is 0.826 bits per heavy atom. The van der Waals surface area contributed by atoms with Gasteiger partial charge in [-0.2, -0.15) is 0 Å².